The minimum atomic E-state index is -0.556. The first-order valence-corrected chi connectivity index (χ1v) is 8.65. The number of hydrogen-bond acceptors (Lipinski definition) is 3. The summed E-state index contributed by atoms with van der Waals surface area (Å²) in [5.74, 6) is 0.216. The van der Waals surface area contributed by atoms with Crippen LogP contribution in [0, 0.1) is 5.92 Å². The summed E-state index contributed by atoms with van der Waals surface area (Å²) in [6.07, 6.45) is 2.48. The van der Waals surface area contributed by atoms with E-state index in [-0.39, 0.29) is 24.5 Å². The first kappa shape index (κ1) is 16.8. The predicted molar refractivity (Wildman–Crippen MR) is 91.9 cm³/mol. The van der Waals surface area contributed by atoms with Crippen LogP contribution in [0.4, 0.5) is 10.5 Å². The number of likely N-dealkylation sites (tertiary alicyclic amines) is 1. The van der Waals surface area contributed by atoms with Crippen LogP contribution < -0.4 is 10.2 Å². The lowest BCUT2D eigenvalue weighted by Crippen LogP contribution is -2.52. The molecule has 3 rings (SSSR count). The number of anilines is 1. The van der Waals surface area contributed by atoms with Gasteiger partial charge in [-0.15, -0.1) is 0 Å². The summed E-state index contributed by atoms with van der Waals surface area (Å²) in [5.41, 5.74) is 2.13. The minimum Gasteiger partial charge on any atom is -0.396 e. The normalized spacial score (nSPS) is 19.1. The molecule has 1 fully saturated rings. The van der Waals surface area contributed by atoms with E-state index in [0.717, 1.165) is 24.9 Å². The second-order valence-corrected chi connectivity index (χ2v) is 6.65. The molecule has 0 spiro atoms. The third kappa shape index (κ3) is 3.38. The molecule has 6 nitrogen and oxygen atoms in total. The molecule has 0 aliphatic carbocycles. The van der Waals surface area contributed by atoms with Crippen LogP contribution in [0.15, 0.2) is 24.3 Å². The Balaban J connectivity index is 1.56. The number of aliphatic hydroxyl groups excluding tert-OH is 1. The Morgan fingerprint density at radius 1 is 1.25 bits per heavy atom. The maximum absolute atomic E-state index is 12.7. The van der Waals surface area contributed by atoms with E-state index in [1.54, 1.807) is 16.7 Å². The van der Waals surface area contributed by atoms with Crippen LogP contribution in [0.2, 0.25) is 0 Å². The van der Waals surface area contributed by atoms with Crippen molar-refractivity contribution < 1.29 is 14.7 Å². The van der Waals surface area contributed by atoms with E-state index >= 15 is 0 Å². The summed E-state index contributed by atoms with van der Waals surface area (Å²) >= 11 is 0. The molecule has 2 N–H and O–H groups in total. The lowest BCUT2D eigenvalue weighted by molar-refractivity contribution is -0.120. The van der Waals surface area contributed by atoms with Gasteiger partial charge in [0.05, 0.1) is 0 Å². The number of rotatable bonds is 3. The van der Waals surface area contributed by atoms with Gasteiger partial charge in [0.1, 0.15) is 6.04 Å². The van der Waals surface area contributed by atoms with E-state index in [1.807, 2.05) is 24.3 Å². The third-order valence-electron chi connectivity index (χ3n) is 5.02. The van der Waals surface area contributed by atoms with Gasteiger partial charge in [-0.05, 0) is 43.7 Å². The van der Waals surface area contributed by atoms with E-state index in [4.69, 9.17) is 5.11 Å². The number of piperidine rings is 1. The van der Waals surface area contributed by atoms with Gasteiger partial charge in [-0.25, -0.2) is 4.79 Å². The van der Waals surface area contributed by atoms with E-state index in [9.17, 15) is 9.59 Å². The highest BCUT2D eigenvalue weighted by Crippen LogP contribution is 2.27. The van der Waals surface area contributed by atoms with Crippen molar-refractivity contribution in [3.8, 4) is 0 Å². The Bertz CT molecular complexity index is 611. The number of nitrogens with zero attached hydrogens (tertiary/aromatic N) is 2. The monoisotopic (exact) mass is 331 g/mol. The summed E-state index contributed by atoms with van der Waals surface area (Å²) in [7, 11) is 0. The number of benzene rings is 1. The maximum Gasteiger partial charge on any atom is 0.318 e. The number of para-hydroxylation sites is 1. The SMILES string of the molecule is C[C@@H](NC(=O)N1CCC(CO)CC1)C(=O)N1CCc2ccccc21. The van der Waals surface area contributed by atoms with Crippen molar-refractivity contribution in [2.45, 2.75) is 32.2 Å². The molecule has 24 heavy (non-hydrogen) atoms. The van der Waals surface area contributed by atoms with E-state index in [2.05, 4.69) is 5.32 Å². The molecule has 2 heterocycles. The van der Waals surface area contributed by atoms with Crippen molar-refractivity contribution in [1.82, 2.24) is 10.2 Å². The lowest BCUT2D eigenvalue weighted by Gasteiger charge is -2.32. The second kappa shape index (κ2) is 7.21. The standard InChI is InChI=1S/C18H25N3O3/c1-13(19-18(24)20-9-6-14(12-22)7-10-20)17(23)21-11-8-15-4-2-3-5-16(15)21/h2-5,13-14,22H,6-12H2,1H3,(H,19,24)/t13-/m1/s1. The topological polar surface area (TPSA) is 72.9 Å². The average molecular weight is 331 g/mol. The lowest BCUT2D eigenvalue weighted by atomic mass is 9.98. The first-order valence-electron chi connectivity index (χ1n) is 8.65. The highest BCUT2D eigenvalue weighted by Gasteiger charge is 2.30. The Morgan fingerprint density at radius 2 is 1.96 bits per heavy atom. The number of aliphatic hydroxyl groups is 1. The molecular weight excluding hydrogens is 306 g/mol. The second-order valence-electron chi connectivity index (χ2n) is 6.65. The summed E-state index contributed by atoms with van der Waals surface area (Å²) < 4.78 is 0. The zero-order valence-electron chi connectivity index (χ0n) is 14.1. The van der Waals surface area contributed by atoms with Gasteiger partial charge >= 0.3 is 6.03 Å². The highest BCUT2D eigenvalue weighted by atomic mass is 16.3. The largest absolute Gasteiger partial charge is 0.396 e. The van der Waals surface area contributed by atoms with E-state index in [1.165, 1.54) is 5.56 Å². The Labute approximate surface area is 142 Å². The van der Waals surface area contributed by atoms with Gasteiger partial charge in [0, 0.05) is 31.9 Å². The molecule has 0 aromatic heterocycles. The molecule has 0 bridgehead atoms. The van der Waals surface area contributed by atoms with Gasteiger partial charge in [-0.3, -0.25) is 4.79 Å². The fraction of sp³-hybridized carbons (Fsp3) is 0.556. The van der Waals surface area contributed by atoms with E-state index in [0.29, 0.717) is 19.6 Å². The molecule has 1 aromatic rings. The van der Waals surface area contributed by atoms with Crippen molar-refractivity contribution in [3.63, 3.8) is 0 Å². The molecule has 2 aliphatic heterocycles. The molecule has 1 atom stereocenters. The molecule has 3 amide bonds. The molecule has 2 aliphatic rings. The quantitative estimate of drug-likeness (QED) is 0.879. The van der Waals surface area contributed by atoms with Crippen molar-refractivity contribution in [3.05, 3.63) is 29.8 Å². The van der Waals surface area contributed by atoms with Crippen molar-refractivity contribution in [2.24, 2.45) is 5.92 Å². The fourth-order valence-electron chi connectivity index (χ4n) is 3.46. The van der Waals surface area contributed by atoms with Gasteiger partial charge in [0.15, 0.2) is 0 Å². The molecule has 0 radical (unpaired) electrons. The third-order valence-corrected chi connectivity index (χ3v) is 5.02. The van der Waals surface area contributed by atoms with Gasteiger partial charge < -0.3 is 20.2 Å². The summed E-state index contributed by atoms with van der Waals surface area (Å²) in [6.45, 7) is 3.84. The molecular formula is C18H25N3O3. The minimum absolute atomic E-state index is 0.0708. The van der Waals surface area contributed by atoms with Gasteiger partial charge in [-0.1, -0.05) is 18.2 Å². The van der Waals surface area contributed by atoms with Crippen LogP contribution >= 0.6 is 0 Å². The van der Waals surface area contributed by atoms with Crippen molar-refractivity contribution >= 4 is 17.6 Å². The first-order chi connectivity index (χ1) is 11.6. The van der Waals surface area contributed by atoms with E-state index < -0.39 is 6.04 Å². The Hall–Kier alpha value is -2.08. The number of nitrogens with one attached hydrogen (secondary N) is 1. The number of carbonyl (C=O) groups is 2. The number of carbonyl (C=O) groups excluding carboxylic acids is 2. The summed E-state index contributed by atoms with van der Waals surface area (Å²) in [4.78, 5) is 28.5. The highest BCUT2D eigenvalue weighted by molar-refractivity contribution is 6.00. The Morgan fingerprint density at radius 3 is 2.67 bits per heavy atom. The number of amides is 3. The van der Waals surface area contributed by atoms with Crippen LogP contribution in [-0.2, 0) is 11.2 Å². The average Bonchev–Trinajstić information content (AvgIpc) is 3.05. The fourth-order valence-corrected chi connectivity index (χ4v) is 3.46. The van der Waals surface area contributed by atoms with Crippen LogP contribution in [-0.4, -0.2) is 54.2 Å². The molecule has 0 unspecified atom stereocenters. The molecule has 1 aromatic carbocycles. The van der Waals surface area contributed by atoms with Crippen LogP contribution in [0.5, 0.6) is 0 Å². The number of hydrogen-bond donors (Lipinski definition) is 2. The summed E-state index contributed by atoms with van der Waals surface area (Å²) in [6, 6.07) is 7.15. The zero-order valence-corrected chi connectivity index (χ0v) is 14.1. The van der Waals surface area contributed by atoms with Gasteiger partial charge in [-0.2, -0.15) is 0 Å². The van der Waals surface area contributed by atoms with Crippen LogP contribution in [0.3, 0.4) is 0 Å². The predicted octanol–water partition coefficient (Wildman–Crippen LogP) is 1.38. The van der Waals surface area contributed by atoms with Gasteiger partial charge in [0.2, 0.25) is 5.91 Å². The van der Waals surface area contributed by atoms with Crippen molar-refractivity contribution in [2.75, 3.05) is 31.1 Å². The molecule has 0 saturated carbocycles. The molecule has 6 heteroatoms. The summed E-state index contributed by atoms with van der Waals surface area (Å²) in [5, 5.41) is 12.0. The smallest absolute Gasteiger partial charge is 0.318 e. The maximum atomic E-state index is 12.7. The van der Waals surface area contributed by atoms with Gasteiger partial charge in [0.25, 0.3) is 0 Å². The number of urea groups is 1. The Kier molecular flexibility index (Phi) is 5.04. The molecule has 1 saturated heterocycles. The van der Waals surface area contributed by atoms with Crippen molar-refractivity contribution in [1.29, 1.82) is 0 Å². The number of fused-ring (bicyclic) bond motifs is 1. The van der Waals surface area contributed by atoms with Crippen LogP contribution in [0.1, 0.15) is 25.3 Å². The van der Waals surface area contributed by atoms with Crippen LogP contribution in [0.25, 0.3) is 0 Å². The molecule has 130 valence electrons. The zero-order chi connectivity index (χ0) is 17.1.